The number of carboxylic acids is 1. The lowest BCUT2D eigenvalue weighted by Crippen LogP contribution is -2.33. The molecule has 0 fully saturated rings. The van der Waals surface area contributed by atoms with Crippen molar-refractivity contribution in [2.24, 2.45) is 0 Å². The minimum Gasteiger partial charge on any atom is -0.476 e. The van der Waals surface area contributed by atoms with Crippen molar-refractivity contribution in [3.63, 3.8) is 0 Å². The van der Waals surface area contributed by atoms with E-state index in [1.165, 1.54) is 16.7 Å². The summed E-state index contributed by atoms with van der Waals surface area (Å²) in [4.78, 5) is 36.5. The Kier molecular flexibility index (Phi) is 5.25. The predicted molar refractivity (Wildman–Crippen MR) is 62.4 cm³/mol. The maximum absolute atomic E-state index is 11.1. The second kappa shape index (κ2) is 6.70. The molecule has 0 saturated carbocycles. The summed E-state index contributed by atoms with van der Waals surface area (Å²) >= 11 is 1.19. The van der Waals surface area contributed by atoms with Gasteiger partial charge in [0.05, 0.1) is 11.6 Å². The van der Waals surface area contributed by atoms with Crippen LogP contribution >= 0.6 is 11.3 Å². The molecule has 0 atom stereocenters. The molecule has 18 heavy (non-hydrogen) atoms. The summed E-state index contributed by atoms with van der Waals surface area (Å²) in [6.07, 6.45) is 0.364. The van der Waals surface area contributed by atoms with Crippen LogP contribution in [-0.2, 0) is 20.7 Å². The van der Waals surface area contributed by atoms with Crippen LogP contribution in [0.3, 0.4) is 0 Å². The lowest BCUT2D eigenvalue weighted by atomic mass is 10.4. The lowest BCUT2D eigenvalue weighted by Gasteiger charge is -2.02. The van der Waals surface area contributed by atoms with Crippen LogP contribution in [0, 0.1) is 0 Å². The number of amides is 1. The highest BCUT2D eigenvalue weighted by molar-refractivity contribution is 7.09. The van der Waals surface area contributed by atoms with Crippen molar-refractivity contribution >= 4 is 29.2 Å². The molecule has 0 aliphatic carbocycles. The number of nitrogens with zero attached hydrogens (tertiary/aromatic N) is 1. The number of carbonyl (C=O) groups is 3. The summed E-state index contributed by atoms with van der Waals surface area (Å²) in [6.45, 7) is 1.94. The number of thiazole rings is 1. The Morgan fingerprint density at radius 3 is 2.78 bits per heavy atom. The van der Waals surface area contributed by atoms with E-state index in [9.17, 15) is 14.4 Å². The van der Waals surface area contributed by atoms with Gasteiger partial charge in [-0.25, -0.2) is 14.6 Å². The summed E-state index contributed by atoms with van der Waals surface area (Å²) < 4.78 is 4.50. The Labute approximate surface area is 107 Å². The molecule has 1 heterocycles. The summed E-state index contributed by atoms with van der Waals surface area (Å²) in [5.41, 5.74) is -0.0216. The van der Waals surface area contributed by atoms with Gasteiger partial charge in [0.15, 0.2) is 5.69 Å². The zero-order valence-electron chi connectivity index (χ0n) is 9.63. The molecule has 0 aromatic carbocycles. The van der Waals surface area contributed by atoms with E-state index in [2.05, 4.69) is 15.0 Å². The molecule has 0 aliphatic rings. The molecule has 1 aromatic heterocycles. The third-order valence-electron chi connectivity index (χ3n) is 1.86. The van der Waals surface area contributed by atoms with Crippen molar-refractivity contribution in [3.05, 3.63) is 16.1 Å². The second-order valence-corrected chi connectivity index (χ2v) is 4.10. The number of hydrogen-bond donors (Lipinski definition) is 2. The van der Waals surface area contributed by atoms with E-state index in [0.717, 1.165) is 0 Å². The number of aromatic carboxylic acids is 1. The molecule has 0 spiro atoms. The van der Waals surface area contributed by atoms with Crippen LogP contribution in [0.25, 0.3) is 0 Å². The van der Waals surface area contributed by atoms with E-state index in [1.54, 1.807) is 6.92 Å². The average molecular weight is 272 g/mol. The summed E-state index contributed by atoms with van der Waals surface area (Å²) in [5, 5.41) is 13.0. The van der Waals surface area contributed by atoms with Gasteiger partial charge in [0.2, 0.25) is 0 Å². The van der Waals surface area contributed by atoms with E-state index in [0.29, 0.717) is 11.4 Å². The molecular weight excluding hydrogens is 260 g/mol. The van der Waals surface area contributed by atoms with Gasteiger partial charge in [0.25, 0.3) is 0 Å². The van der Waals surface area contributed by atoms with Crippen molar-refractivity contribution in [1.82, 2.24) is 10.3 Å². The Morgan fingerprint density at radius 2 is 2.22 bits per heavy atom. The summed E-state index contributed by atoms with van der Waals surface area (Å²) in [5.74, 6) is -2.83. The number of carboxylic acid groups (broad SMARTS) is 1. The van der Waals surface area contributed by atoms with Gasteiger partial charge < -0.3 is 15.2 Å². The minimum absolute atomic E-state index is 0.0216. The normalized spacial score (nSPS) is 9.83. The van der Waals surface area contributed by atoms with Crippen molar-refractivity contribution in [2.75, 3.05) is 13.2 Å². The molecule has 0 radical (unpaired) electrons. The van der Waals surface area contributed by atoms with E-state index < -0.39 is 17.8 Å². The molecule has 0 bridgehead atoms. The molecule has 1 aromatic rings. The van der Waals surface area contributed by atoms with Gasteiger partial charge in [-0.05, 0) is 6.92 Å². The largest absolute Gasteiger partial charge is 0.476 e. The molecule has 0 saturated heterocycles. The van der Waals surface area contributed by atoms with Crippen molar-refractivity contribution in [1.29, 1.82) is 0 Å². The highest BCUT2D eigenvalue weighted by Crippen LogP contribution is 2.09. The third kappa shape index (κ3) is 4.13. The number of hydrogen-bond acceptors (Lipinski definition) is 6. The summed E-state index contributed by atoms with van der Waals surface area (Å²) in [6, 6.07) is 0. The molecule has 98 valence electrons. The monoisotopic (exact) mass is 272 g/mol. The minimum atomic E-state index is -1.09. The quantitative estimate of drug-likeness (QED) is 0.580. The number of nitrogens with one attached hydrogen (secondary N) is 1. The van der Waals surface area contributed by atoms with Gasteiger partial charge >= 0.3 is 17.8 Å². The second-order valence-electron chi connectivity index (χ2n) is 3.16. The van der Waals surface area contributed by atoms with Gasteiger partial charge in [0, 0.05) is 18.3 Å². The van der Waals surface area contributed by atoms with E-state index >= 15 is 0 Å². The first kappa shape index (κ1) is 14.1. The number of rotatable bonds is 5. The standard InChI is InChI=1S/C10H12N2O5S/c1-2-17-10(16)8(13)11-4-3-7-12-6(5-18-7)9(14)15/h5H,2-4H2,1H3,(H,11,13)(H,14,15). The van der Waals surface area contributed by atoms with Gasteiger partial charge in [-0.1, -0.05) is 0 Å². The molecular formula is C10H12N2O5S. The number of ether oxygens (including phenoxy) is 1. The van der Waals surface area contributed by atoms with E-state index in [-0.39, 0.29) is 18.8 Å². The Balaban J connectivity index is 2.35. The smallest absolute Gasteiger partial charge is 0.396 e. The predicted octanol–water partition coefficient (Wildman–Crippen LogP) is 0.0631. The van der Waals surface area contributed by atoms with Gasteiger partial charge in [0.1, 0.15) is 0 Å². The Hall–Kier alpha value is -1.96. The number of esters is 1. The molecule has 0 unspecified atom stereocenters. The van der Waals surface area contributed by atoms with Gasteiger partial charge in [-0.15, -0.1) is 11.3 Å². The lowest BCUT2D eigenvalue weighted by molar-refractivity contribution is -0.154. The van der Waals surface area contributed by atoms with Gasteiger partial charge in [-0.2, -0.15) is 0 Å². The molecule has 7 nitrogen and oxygen atoms in total. The van der Waals surface area contributed by atoms with Crippen molar-refractivity contribution < 1.29 is 24.2 Å². The molecule has 8 heteroatoms. The first-order valence-electron chi connectivity index (χ1n) is 5.17. The van der Waals surface area contributed by atoms with Gasteiger partial charge in [-0.3, -0.25) is 4.79 Å². The topological polar surface area (TPSA) is 106 Å². The van der Waals surface area contributed by atoms with Crippen LogP contribution in [0.4, 0.5) is 0 Å². The van der Waals surface area contributed by atoms with Crippen molar-refractivity contribution in [2.45, 2.75) is 13.3 Å². The fourth-order valence-electron chi connectivity index (χ4n) is 1.08. The highest BCUT2D eigenvalue weighted by atomic mass is 32.1. The Bertz CT molecular complexity index is 457. The molecule has 0 aliphatic heterocycles. The SMILES string of the molecule is CCOC(=O)C(=O)NCCc1nc(C(=O)O)cs1. The van der Waals surface area contributed by atoms with Crippen LogP contribution in [-0.4, -0.2) is 41.1 Å². The summed E-state index contributed by atoms with van der Waals surface area (Å²) in [7, 11) is 0. The first-order valence-corrected chi connectivity index (χ1v) is 6.05. The van der Waals surface area contributed by atoms with Crippen LogP contribution in [0.5, 0.6) is 0 Å². The van der Waals surface area contributed by atoms with E-state index in [1.807, 2.05) is 0 Å². The molecule has 2 N–H and O–H groups in total. The maximum atomic E-state index is 11.1. The number of carbonyl (C=O) groups excluding carboxylic acids is 2. The fourth-order valence-corrected chi connectivity index (χ4v) is 1.85. The average Bonchev–Trinajstić information content (AvgIpc) is 2.78. The van der Waals surface area contributed by atoms with E-state index in [4.69, 9.17) is 5.11 Å². The van der Waals surface area contributed by atoms with Crippen LogP contribution < -0.4 is 5.32 Å². The van der Waals surface area contributed by atoms with Crippen LogP contribution in [0.2, 0.25) is 0 Å². The maximum Gasteiger partial charge on any atom is 0.396 e. The van der Waals surface area contributed by atoms with Crippen LogP contribution in [0.15, 0.2) is 5.38 Å². The molecule has 1 amide bonds. The first-order chi connectivity index (χ1) is 8.54. The van der Waals surface area contributed by atoms with Crippen LogP contribution in [0.1, 0.15) is 22.4 Å². The highest BCUT2D eigenvalue weighted by Gasteiger charge is 2.14. The molecule has 1 rings (SSSR count). The third-order valence-corrected chi connectivity index (χ3v) is 2.76. The fraction of sp³-hybridized carbons (Fsp3) is 0.400. The zero-order valence-corrected chi connectivity index (χ0v) is 10.5. The Morgan fingerprint density at radius 1 is 1.50 bits per heavy atom. The zero-order chi connectivity index (χ0) is 13.5. The number of aromatic nitrogens is 1. The van der Waals surface area contributed by atoms with Crippen molar-refractivity contribution in [3.8, 4) is 0 Å².